The van der Waals surface area contributed by atoms with Gasteiger partial charge in [0.15, 0.2) is 0 Å². The van der Waals surface area contributed by atoms with E-state index in [4.69, 9.17) is 0 Å². The highest BCUT2D eigenvalue weighted by molar-refractivity contribution is 6.01. The summed E-state index contributed by atoms with van der Waals surface area (Å²) in [4.78, 5) is 16.0. The molecule has 0 aliphatic carbocycles. The molecular formula is C33H31NO. The Kier molecular flexibility index (Phi) is 6.13. The van der Waals surface area contributed by atoms with Crippen molar-refractivity contribution < 1.29 is 4.79 Å². The predicted octanol–water partition coefficient (Wildman–Crippen LogP) is 7.71. The standard InChI is InChI=1S/C33H31NO/c1-33(2,3)32(35)34-29-22-14-13-21-27(29)31(26-19-11-6-12-20-26)30(34)23-28(24-15-7-4-8-16-24)25-17-9-5-10-18-25/h4-23,30-31H,1-3H3/t30-,31+/m0/s1. The molecule has 2 heteroatoms. The quantitative estimate of drug-likeness (QED) is 0.307. The van der Waals surface area contributed by atoms with Crippen molar-refractivity contribution in [3.8, 4) is 0 Å². The average molecular weight is 458 g/mol. The van der Waals surface area contributed by atoms with Gasteiger partial charge in [-0.3, -0.25) is 4.79 Å². The van der Waals surface area contributed by atoms with Crippen LogP contribution >= 0.6 is 0 Å². The maximum atomic E-state index is 14.0. The van der Waals surface area contributed by atoms with Crippen molar-refractivity contribution in [1.82, 2.24) is 0 Å². The maximum absolute atomic E-state index is 14.0. The topological polar surface area (TPSA) is 20.3 Å². The first kappa shape index (κ1) is 22.9. The molecule has 0 saturated heterocycles. The Morgan fingerprint density at radius 3 is 1.71 bits per heavy atom. The van der Waals surface area contributed by atoms with Gasteiger partial charge < -0.3 is 4.90 Å². The Hall–Kier alpha value is -3.91. The Labute approximate surface area is 208 Å². The van der Waals surface area contributed by atoms with E-state index in [9.17, 15) is 4.79 Å². The van der Waals surface area contributed by atoms with Gasteiger partial charge >= 0.3 is 0 Å². The van der Waals surface area contributed by atoms with Crippen molar-refractivity contribution in [1.29, 1.82) is 0 Å². The van der Waals surface area contributed by atoms with Crippen LogP contribution in [0.4, 0.5) is 5.69 Å². The zero-order valence-corrected chi connectivity index (χ0v) is 20.6. The number of fused-ring (bicyclic) bond motifs is 1. The minimum absolute atomic E-state index is 0.0427. The molecule has 4 aromatic carbocycles. The summed E-state index contributed by atoms with van der Waals surface area (Å²) in [6.07, 6.45) is 2.31. The minimum Gasteiger partial charge on any atom is -0.304 e. The van der Waals surface area contributed by atoms with Crippen LogP contribution in [0.5, 0.6) is 0 Å². The third-order valence-electron chi connectivity index (χ3n) is 6.70. The van der Waals surface area contributed by atoms with Gasteiger partial charge in [-0.2, -0.15) is 0 Å². The van der Waals surface area contributed by atoms with Gasteiger partial charge in [0.25, 0.3) is 0 Å². The van der Waals surface area contributed by atoms with Crippen LogP contribution in [-0.2, 0) is 4.79 Å². The number of hydrogen-bond donors (Lipinski definition) is 0. The van der Waals surface area contributed by atoms with Gasteiger partial charge in [-0.05, 0) is 33.9 Å². The Balaban J connectivity index is 1.77. The van der Waals surface area contributed by atoms with Crippen LogP contribution in [0.1, 0.15) is 48.9 Å². The van der Waals surface area contributed by atoms with E-state index in [1.165, 1.54) is 11.1 Å². The van der Waals surface area contributed by atoms with Gasteiger partial charge in [0.2, 0.25) is 5.91 Å². The van der Waals surface area contributed by atoms with E-state index in [-0.39, 0.29) is 17.9 Å². The number of para-hydroxylation sites is 1. The second-order valence-electron chi connectivity index (χ2n) is 10.2. The highest BCUT2D eigenvalue weighted by Gasteiger charge is 2.44. The third kappa shape index (κ3) is 4.44. The van der Waals surface area contributed by atoms with E-state index in [2.05, 4.69) is 97.1 Å². The lowest BCUT2D eigenvalue weighted by molar-refractivity contribution is -0.126. The fraction of sp³-hybridized carbons (Fsp3) is 0.182. The molecule has 1 amide bonds. The molecule has 4 aromatic rings. The monoisotopic (exact) mass is 457 g/mol. The highest BCUT2D eigenvalue weighted by atomic mass is 16.2. The molecule has 0 bridgehead atoms. The number of rotatable bonds is 4. The van der Waals surface area contributed by atoms with E-state index < -0.39 is 5.41 Å². The second kappa shape index (κ2) is 9.38. The molecule has 0 N–H and O–H groups in total. The zero-order valence-electron chi connectivity index (χ0n) is 20.6. The van der Waals surface area contributed by atoms with Gasteiger partial charge in [0.1, 0.15) is 0 Å². The lowest BCUT2D eigenvalue weighted by Gasteiger charge is -2.33. The van der Waals surface area contributed by atoms with Crippen LogP contribution in [0, 0.1) is 5.41 Å². The van der Waals surface area contributed by atoms with E-state index in [1.54, 1.807) is 0 Å². The maximum Gasteiger partial charge on any atom is 0.232 e. The molecular weight excluding hydrogens is 426 g/mol. The van der Waals surface area contributed by atoms with Crippen LogP contribution < -0.4 is 4.90 Å². The van der Waals surface area contributed by atoms with E-state index in [0.29, 0.717) is 0 Å². The predicted molar refractivity (Wildman–Crippen MR) is 145 cm³/mol. The molecule has 35 heavy (non-hydrogen) atoms. The largest absolute Gasteiger partial charge is 0.304 e. The summed E-state index contributed by atoms with van der Waals surface area (Å²) in [6, 6.07) is 39.8. The van der Waals surface area contributed by atoms with Crippen LogP contribution in [0.2, 0.25) is 0 Å². The summed E-state index contributed by atoms with van der Waals surface area (Å²) in [5.41, 5.74) is 6.32. The summed E-state index contributed by atoms with van der Waals surface area (Å²) >= 11 is 0. The molecule has 5 rings (SSSR count). The first-order valence-corrected chi connectivity index (χ1v) is 12.3. The fourth-order valence-corrected chi connectivity index (χ4v) is 5.04. The SMILES string of the molecule is CC(C)(C)C(=O)N1c2ccccc2[C@@H](c2ccccc2)[C@@H]1C=C(c1ccccc1)c1ccccc1. The molecule has 1 heterocycles. The number of carbonyl (C=O) groups is 1. The summed E-state index contributed by atoms with van der Waals surface area (Å²) in [6.45, 7) is 6.01. The van der Waals surface area contributed by atoms with Crippen molar-refractivity contribution in [2.75, 3.05) is 4.90 Å². The lowest BCUT2D eigenvalue weighted by atomic mass is 9.84. The Morgan fingerprint density at radius 2 is 1.17 bits per heavy atom. The summed E-state index contributed by atoms with van der Waals surface area (Å²) in [5, 5.41) is 0. The molecule has 1 aliphatic rings. The summed E-state index contributed by atoms with van der Waals surface area (Å²) in [5.74, 6) is 0.172. The molecule has 0 fully saturated rings. The van der Waals surface area contributed by atoms with Crippen molar-refractivity contribution >= 4 is 17.2 Å². The van der Waals surface area contributed by atoms with Gasteiger partial charge in [-0.1, -0.05) is 136 Å². The smallest absolute Gasteiger partial charge is 0.232 e. The number of nitrogens with zero attached hydrogens (tertiary/aromatic N) is 1. The minimum atomic E-state index is -0.509. The molecule has 2 nitrogen and oxygen atoms in total. The van der Waals surface area contributed by atoms with Gasteiger partial charge in [0.05, 0.1) is 6.04 Å². The van der Waals surface area contributed by atoms with Crippen molar-refractivity contribution in [3.05, 3.63) is 144 Å². The van der Waals surface area contributed by atoms with Crippen molar-refractivity contribution in [3.63, 3.8) is 0 Å². The van der Waals surface area contributed by atoms with E-state index in [1.807, 2.05) is 49.9 Å². The van der Waals surface area contributed by atoms with E-state index >= 15 is 0 Å². The van der Waals surface area contributed by atoms with Crippen molar-refractivity contribution in [2.24, 2.45) is 5.41 Å². The molecule has 0 spiro atoms. The van der Waals surface area contributed by atoms with Crippen LogP contribution in [0.15, 0.2) is 121 Å². The average Bonchev–Trinajstić information content (AvgIpc) is 3.21. The van der Waals surface area contributed by atoms with Crippen molar-refractivity contribution in [2.45, 2.75) is 32.7 Å². The molecule has 0 aromatic heterocycles. The van der Waals surface area contributed by atoms with Gasteiger partial charge in [0, 0.05) is 17.0 Å². The number of amides is 1. The van der Waals surface area contributed by atoms with E-state index in [0.717, 1.165) is 22.4 Å². The Bertz CT molecular complexity index is 1290. The molecule has 0 radical (unpaired) electrons. The molecule has 174 valence electrons. The third-order valence-corrected chi connectivity index (χ3v) is 6.70. The lowest BCUT2D eigenvalue weighted by Crippen LogP contribution is -2.44. The number of carbonyl (C=O) groups excluding carboxylic acids is 1. The molecule has 0 saturated carbocycles. The summed E-state index contributed by atoms with van der Waals surface area (Å²) in [7, 11) is 0. The normalized spacial score (nSPS) is 17.1. The van der Waals surface area contributed by atoms with Crippen LogP contribution in [0.3, 0.4) is 0 Å². The summed E-state index contributed by atoms with van der Waals surface area (Å²) < 4.78 is 0. The Morgan fingerprint density at radius 1 is 0.686 bits per heavy atom. The van der Waals surface area contributed by atoms with Crippen LogP contribution in [-0.4, -0.2) is 11.9 Å². The van der Waals surface area contributed by atoms with Crippen LogP contribution in [0.25, 0.3) is 5.57 Å². The number of benzene rings is 4. The molecule has 2 atom stereocenters. The zero-order chi connectivity index (χ0) is 24.4. The van der Waals surface area contributed by atoms with Gasteiger partial charge in [-0.15, -0.1) is 0 Å². The number of hydrogen-bond acceptors (Lipinski definition) is 1. The first-order valence-electron chi connectivity index (χ1n) is 12.3. The first-order chi connectivity index (χ1) is 16.9. The molecule has 1 aliphatic heterocycles. The van der Waals surface area contributed by atoms with Gasteiger partial charge in [-0.25, -0.2) is 0 Å². The highest BCUT2D eigenvalue weighted by Crippen LogP contribution is 2.47. The molecule has 0 unspecified atom stereocenters. The number of anilines is 1. The second-order valence-corrected chi connectivity index (χ2v) is 10.2. The fourth-order valence-electron chi connectivity index (χ4n) is 5.04.